The molecule has 0 saturated carbocycles. The van der Waals surface area contributed by atoms with Crippen LogP contribution in [0.25, 0.3) is 0 Å². The number of hydrazone groups is 2. The monoisotopic (exact) mass is 296 g/mol. The molecule has 0 aliphatic heterocycles. The van der Waals surface area contributed by atoms with Gasteiger partial charge in [0.15, 0.2) is 0 Å². The Morgan fingerprint density at radius 3 is 1.64 bits per heavy atom. The number of hydrogen-bond acceptors (Lipinski definition) is 6. The van der Waals surface area contributed by atoms with Gasteiger partial charge >= 0.3 is 0 Å². The van der Waals surface area contributed by atoms with Crippen molar-refractivity contribution < 1.29 is 9.59 Å². The highest BCUT2D eigenvalue weighted by molar-refractivity contribution is 6.16. The number of pyridine rings is 2. The second-order valence-corrected chi connectivity index (χ2v) is 3.87. The predicted molar refractivity (Wildman–Crippen MR) is 80.4 cm³/mol. The molecule has 2 aromatic rings. The van der Waals surface area contributed by atoms with Crippen LogP contribution < -0.4 is 10.9 Å². The van der Waals surface area contributed by atoms with Gasteiger partial charge in [0.2, 0.25) is 0 Å². The molecule has 0 aliphatic carbocycles. The van der Waals surface area contributed by atoms with Crippen LogP contribution in [0.3, 0.4) is 0 Å². The second kappa shape index (κ2) is 8.00. The Bertz CT molecular complexity index is 623. The molecule has 0 saturated heterocycles. The summed E-state index contributed by atoms with van der Waals surface area (Å²) in [6.45, 7) is 0. The third kappa shape index (κ3) is 4.60. The van der Waals surface area contributed by atoms with E-state index in [0.717, 1.165) is 0 Å². The Kier molecular flexibility index (Phi) is 5.45. The first-order valence-corrected chi connectivity index (χ1v) is 6.25. The van der Waals surface area contributed by atoms with Gasteiger partial charge in [-0.2, -0.15) is 10.2 Å². The van der Waals surface area contributed by atoms with Gasteiger partial charge in [0.05, 0.1) is 12.4 Å². The van der Waals surface area contributed by atoms with Gasteiger partial charge in [0, 0.05) is 12.4 Å². The van der Waals surface area contributed by atoms with Crippen molar-refractivity contribution in [3.05, 3.63) is 60.2 Å². The van der Waals surface area contributed by atoms with Gasteiger partial charge in [-0.1, -0.05) is 12.1 Å². The van der Waals surface area contributed by atoms with E-state index < -0.39 is 11.8 Å². The van der Waals surface area contributed by atoms with E-state index in [0.29, 0.717) is 0 Å². The number of rotatable bonds is 5. The van der Waals surface area contributed by atoms with Crippen molar-refractivity contribution in [2.45, 2.75) is 0 Å². The summed E-state index contributed by atoms with van der Waals surface area (Å²) >= 11 is 0. The molecule has 0 aliphatic rings. The summed E-state index contributed by atoms with van der Waals surface area (Å²) in [4.78, 5) is 30.9. The first kappa shape index (κ1) is 15.0. The molecule has 0 fully saturated rings. The minimum absolute atomic E-state index is 0.250. The number of nitrogens with one attached hydrogen (secondary N) is 2. The highest BCUT2D eigenvalue weighted by Crippen LogP contribution is 1.92. The van der Waals surface area contributed by atoms with Crippen LogP contribution in [0.4, 0.5) is 0 Å². The maximum absolute atomic E-state index is 11.6. The molecule has 2 amide bonds. The Balaban J connectivity index is 1.76. The Morgan fingerprint density at radius 1 is 0.818 bits per heavy atom. The molecule has 0 unspecified atom stereocenters. The van der Waals surface area contributed by atoms with E-state index >= 15 is 0 Å². The molecule has 22 heavy (non-hydrogen) atoms. The lowest BCUT2D eigenvalue weighted by Crippen LogP contribution is -2.20. The summed E-state index contributed by atoms with van der Waals surface area (Å²) in [5.41, 5.74) is 5.04. The Hall–Kier alpha value is -3.42. The molecule has 0 radical (unpaired) electrons. The fourth-order valence-electron chi connectivity index (χ4n) is 1.37. The molecule has 2 aromatic heterocycles. The number of nitrogens with zero attached hydrogens (tertiary/aromatic N) is 4. The highest BCUT2D eigenvalue weighted by Gasteiger charge is 2.03. The SMILES string of the molecule is O=C(N/N=C\C=N\NC(=O)c1ccccn1)c1ccccn1. The fraction of sp³-hybridized carbons (Fsp3) is 0. The predicted octanol–water partition coefficient (Wildman–Crippen LogP) is 0.608. The van der Waals surface area contributed by atoms with Crippen molar-refractivity contribution in [1.29, 1.82) is 0 Å². The summed E-state index contributed by atoms with van der Waals surface area (Å²) in [5, 5.41) is 7.27. The van der Waals surface area contributed by atoms with E-state index in [-0.39, 0.29) is 11.4 Å². The smallest absolute Gasteiger partial charge is 0.266 e. The van der Waals surface area contributed by atoms with Crippen LogP contribution in [-0.4, -0.2) is 34.2 Å². The minimum Gasteiger partial charge on any atom is -0.266 e. The summed E-state index contributed by atoms with van der Waals surface area (Å²) < 4.78 is 0. The summed E-state index contributed by atoms with van der Waals surface area (Å²) in [6, 6.07) is 9.92. The van der Waals surface area contributed by atoms with Crippen LogP contribution in [0.15, 0.2) is 59.0 Å². The topological polar surface area (TPSA) is 109 Å². The largest absolute Gasteiger partial charge is 0.289 e. The molecule has 0 aromatic carbocycles. The van der Waals surface area contributed by atoms with E-state index in [1.807, 2.05) is 0 Å². The van der Waals surface area contributed by atoms with Gasteiger partial charge < -0.3 is 0 Å². The Labute approximate surface area is 126 Å². The van der Waals surface area contributed by atoms with Crippen LogP contribution in [0.5, 0.6) is 0 Å². The number of aromatic nitrogens is 2. The van der Waals surface area contributed by atoms with Gasteiger partial charge in [-0.25, -0.2) is 10.9 Å². The molecule has 8 heteroatoms. The maximum atomic E-state index is 11.6. The summed E-state index contributed by atoms with van der Waals surface area (Å²) in [6.07, 6.45) is 5.46. The highest BCUT2D eigenvalue weighted by atomic mass is 16.2. The zero-order chi connectivity index (χ0) is 15.6. The first-order chi connectivity index (χ1) is 10.8. The third-order valence-electron chi connectivity index (χ3n) is 2.34. The van der Waals surface area contributed by atoms with E-state index in [1.165, 1.54) is 24.8 Å². The zero-order valence-corrected chi connectivity index (χ0v) is 11.4. The fourth-order valence-corrected chi connectivity index (χ4v) is 1.37. The first-order valence-electron chi connectivity index (χ1n) is 6.25. The van der Waals surface area contributed by atoms with Gasteiger partial charge in [0.25, 0.3) is 11.8 Å². The normalized spacial score (nSPS) is 10.7. The van der Waals surface area contributed by atoms with Gasteiger partial charge in [0.1, 0.15) is 11.4 Å². The van der Waals surface area contributed by atoms with Crippen LogP contribution in [0.1, 0.15) is 21.0 Å². The van der Waals surface area contributed by atoms with Gasteiger partial charge in [-0.15, -0.1) is 0 Å². The molecule has 0 spiro atoms. The maximum Gasteiger partial charge on any atom is 0.289 e. The van der Waals surface area contributed by atoms with Crippen LogP contribution in [0, 0.1) is 0 Å². The number of carbonyl (C=O) groups excluding carboxylic acids is 2. The molecular weight excluding hydrogens is 284 g/mol. The summed E-state index contributed by atoms with van der Waals surface area (Å²) in [5.74, 6) is -0.884. The van der Waals surface area contributed by atoms with Crippen LogP contribution in [0.2, 0.25) is 0 Å². The zero-order valence-electron chi connectivity index (χ0n) is 11.4. The van der Waals surface area contributed by atoms with Crippen molar-refractivity contribution in [3.8, 4) is 0 Å². The molecule has 2 rings (SSSR count). The molecule has 110 valence electrons. The third-order valence-corrected chi connectivity index (χ3v) is 2.34. The lowest BCUT2D eigenvalue weighted by atomic mass is 10.3. The van der Waals surface area contributed by atoms with E-state index in [2.05, 4.69) is 31.0 Å². The average Bonchev–Trinajstić information content (AvgIpc) is 2.59. The second-order valence-electron chi connectivity index (χ2n) is 3.87. The van der Waals surface area contributed by atoms with Crippen LogP contribution in [-0.2, 0) is 0 Å². The van der Waals surface area contributed by atoms with E-state index in [9.17, 15) is 9.59 Å². The van der Waals surface area contributed by atoms with Crippen molar-refractivity contribution in [3.63, 3.8) is 0 Å². The molecular formula is C14H12N6O2. The molecule has 0 bridgehead atoms. The van der Waals surface area contributed by atoms with E-state index in [1.54, 1.807) is 36.4 Å². The molecule has 2 heterocycles. The summed E-state index contributed by atoms with van der Waals surface area (Å²) in [7, 11) is 0. The van der Waals surface area contributed by atoms with Crippen molar-refractivity contribution in [2.24, 2.45) is 10.2 Å². The molecule has 0 atom stereocenters. The Morgan fingerprint density at radius 2 is 1.27 bits per heavy atom. The van der Waals surface area contributed by atoms with Crippen molar-refractivity contribution >= 4 is 24.2 Å². The number of amides is 2. The number of hydrogen-bond donors (Lipinski definition) is 2. The standard InChI is InChI=1S/C14H12N6O2/c21-13(11-5-1-3-7-15-11)19-17-9-10-18-20-14(22)12-6-2-4-8-16-12/h1-10H,(H,19,21)(H,20,22)/b17-9-,18-10+. The molecule has 8 nitrogen and oxygen atoms in total. The lowest BCUT2D eigenvalue weighted by molar-refractivity contribution is 0.0942. The quantitative estimate of drug-likeness (QED) is 0.622. The van der Waals surface area contributed by atoms with Gasteiger partial charge in [-0.3, -0.25) is 19.6 Å². The van der Waals surface area contributed by atoms with E-state index in [4.69, 9.17) is 0 Å². The average molecular weight is 296 g/mol. The number of carbonyl (C=O) groups is 2. The van der Waals surface area contributed by atoms with Crippen molar-refractivity contribution in [2.75, 3.05) is 0 Å². The van der Waals surface area contributed by atoms with Crippen LogP contribution >= 0.6 is 0 Å². The van der Waals surface area contributed by atoms with Crippen molar-refractivity contribution in [1.82, 2.24) is 20.8 Å². The van der Waals surface area contributed by atoms with Gasteiger partial charge in [-0.05, 0) is 24.3 Å². The minimum atomic E-state index is -0.442. The lowest BCUT2D eigenvalue weighted by Gasteiger charge is -1.97. The molecule has 2 N–H and O–H groups in total.